The van der Waals surface area contributed by atoms with E-state index in [-0.39, 0.29) is 5.38 Å². The number of alkyl halides is 1. The van der Waals surface area contributed by atoms with Gasteiger partial charge in [-0.3, -0.25) is 0 Å². The van der Waals surface area contributed by atoms with Gasteiger partial charge in [-0.25, -0.2) is 4.98 Å². The van der Waals surface area contributed by atoms with Crippen molar-refractivity contribution in [2.45, 2.75) is 18.7 Å². The van der Waals surface area contributed by atoms with Crippen LogP contribution in [0.15, 0.2) is 16.7 Å². The van der Waals surface area contributed by atoms with Crippen LogP contribution < -0.4 is 4.90 Å². The molecule has 1 aromatic rings. The standard InChI is InChI=1S/C10H12BrClN2/c1-7-2-4-13-10(9(7)11)14-5-3-8(12)6-14/h2,4,8H,3,5-6H2,1H3. The molecule has 0 N–H and O–H groups in total. The Morgan fingerprint density at radius 3 is 3.07 bits per heavy atom. The van der Waals surface area contributed by atoms with Gasteiger partial charge in [-0.05, 0) is 40.9 Å². The van der Waals surface area contributed by atoms with Crippen molar-refractivity contribution in [3.05, 3.63) is 22.3 Å². The Morgan fingerprint density at radius 2 is 2.43 bits per heavy atom. The Kier molecular flexibility index (Phi) is 2.98. The second kappa shape index (κ2) is 4.07. The van der Waals surface area contributed by atoms with Crippen LogP contribution in [0, 0.1) is 6.92 Å². The van der Waals surface area contributed by atoms with Gasteiger partial charge in [0.1, 0.15) is 5.82 Å². The van der Waals surface area contributed by atoms with E-state index in [1.165, 1.54) is 5.56 Å². The lowest BCUT2D eigenvalue weighted by molar-refractivity contribution is 0.930. The van der Waals surface area contributed by atoms with Crippen molar-refractivity contribution in [1.82, 2.24) is 4.98 Å². The molecule has 1 aromatic heterocycles. The molecule has 0 radical (unpaired) electrons. The number of hydrogen-bond acceptors (Lipinski definition) is 2. The molecule has 0 aromatic carbocycles. The fraction of sp³-hybridized carbons (Fsp3) is 0.500. The van der Waals surface area contributed by atoms with Gasteiger partial charge in [0, 0.05) is 19.3 Å². The first kappa shape index (κ1) is 10.2. The van der Waals surface area contributed by atoms with Crippen LogP contribution in [-0.4, -0.2) is 23.5 Å². The van der Waals surface area contributed by atoms with Gasteiger partial charge in [-0.1, -0.05) is 0 Å². The molecule has 2 nitrogen and oxygen atoms in total. The summed E-state index contributed by atoms with van der Waals surface area (Å²) < 4.78 is 1.09. The molecule has 1 fully saturated rings. The summed E-state index contributed by atoms with van der Waals surface area (Å²) in [7, 11) is 0. The Balaban J connectivity index is 2.28. The molecule has 1 unspecified atom stereocenters. The van der Waals surface area contributed by atoms with Gasteiger partial charge in [0.2, 0.25) is 0 Å². The van der Waals surface area contributed by atoms with E-state index in [1.54, 1.807) is 0 Å². The van der Waals surface area contributed by atoms with Gasteiger partial charge in [0.15, 0.2) is 0 Å². The highest BCUT2D eigenvalue weighted by molar-refractivity contribution is 9.10. The van der Waals surface area contributed by atoms with E-state index < -0.39 is 0 Å². The van der Waals surface area contributed by atoms with Crippen LogP contribution in [0.2, 0.25) is 0 Å². The maximum atomic E-state index is 6.06. The molecule has 0 aliphatic carbocycles. The van der Waals surface area contributed by atoms with Gasteiger partial charge in [0.05, 0.1) is 9.85 Å². The molecule has 2 rings (SSSR count). The van der Waals surface area contributed by atoms with Gasteiger partial charge < -0.3 is 4.90 Å². The lowest BCUT2D eigenvalue weighted by atomic mass is 10.3. The SMILES string of the molecule is Cc1ccnc(N2CCC(Cl)C2)c1Br. The predicted octanol–water partition coefficient (Wildman–Crippen LogP) is 2.97. The number of nitrogens with zero attached hydrogens (tertiary/aromatic N) is 2. The Bertz CT molecular complexity index is 343. The quantitative estimate of drug-likeness (QED) is 0.733. The number of aromatic nitrogens is 1. The van der Waals surface area contributed by atoms with E-state index in [0.29, 0.717) is 0 Å². The third-order valence-electron chi connectivity index (χ3n) is 2.49. The van der Waals surface area contributed by atoms with Crippen LogP contribution in [0.25, 0.3) is 0 Å². The zero-order chi connectivity index (χ0) is 10.1. The molecule has 14 heavy (non-hydrogen) atoms. The van der Waals surface area contributed by atoms with Crippen molar-refractivity contribution in [3.8, 4) is 0 Å². The second-order valence-electron chi connectivity index (χ2n) is 3.60. The van der Waals surface area contributed by atoms with Crippen LogP contribution >= 0.6 is 27.5 Å². The van der Waals surface area contributed by atoms with Gasteiger partial charge in [-0.2, -0.15) is 0 Å². The van der Waals surface area contributed by atoms with Crippen molar-refractivity contribution >= 4 is 33.3 Å². The monoisotopic (exact) mass is 274 g/mol. The first-order valence-electron chi connectivity index (χ1n) is 4.68. The van der Waals surface area contributed by atoms with Crippen molar-refractivity contribution < 1.29 is 0 Å². The number of pyridine rings is 1. The highest BCUT2D eigenvalue weighted by atomic mass is 79.9. The van der Waals surface area contributed by atoms with Gasteiger partial charge in [-0.15, -0.1) is 11.6 Å². The lowest BCUT2D eigenvalue weighted by Crippen LogP contribution is -2.21. The fourth-order valence-corrected chi connectivity index (χ4v) is 2.41. The van der Waals surface area contributed by atoms with Crippen molar-refractivity contribution in [2.75, 3.05) is 18.0 Å². The van der Waals surface area contributed by atoms with E-state index in [0.717, 1.165) is 29.8 Å². The molecular weight excluding hydrogens is 263 g/mol. The lowest BCUT2D eigenvalue weighted by Gasteiger charge is -2.18. The third-order valence-corrected chi connectivity index (χ3v) is 3.83. The van der Waals surface area contributed by atoms with E-state index in [4.69, 9.17) is 11.6 Å². The Morgan fingerprint density at radius 1 is 1.64 bits per heavy atom. The molecule has 2 heterocycles. The highest BCUT2D eigenvalue weighted by Crippen LogP contribution is 2.30. The summed E-state index contributed by atoms with van der Waals surface area (Å²) in [4.78, 5) is 6.61. The fourth-order valence-electron chi connectivity index (χ4n) is 1.66. The van der Waals surface area contributed by atoms with Crippen molar-refractivity contribution in [3.63, 3.8) is 0 Å². The van der Waals surface area contributed by atoms with E-state index in [9.17, 15) is 0 Å². The van der Waals surface area contributed by atoms with Gasteiger partial charge in [0.25, 0.3) is 0 Å². The molecule has 1 aliphatic heterocycles. The molecule has 0 bridgehead atoms. The maximum Gasteiger partial charge on any atom is 0.143 e. The summed E-state index contributed by atoms with van der Waals surface area (Å²) in [6.07, 6.45) is 2.89. The molecule has 0 saturated carbocycles. The highest BCUT2D eigenvalue weighted by Gasteiger charge is 2.23. The summed E-state index contributed by atoms with van der Waals surface area (Å²) in [5.74, 6) is 1.02. The van der Waals surface area contributed by atoms with E-state index in [2.05, 4.69) is 32.7 Å². The summed E-state index contributed by atoms with van der Waals surface area (Å²) in [6.45, 7) is 3.98. The normalized spacial score (nSPS) is 21.6. The molecular formula is C10H12BrClN2. The molecule has 1 aliphatic rings. The number of rotatable bonds is 1. The largest absolute Gasteiger partial charge is 0.354 e. The molecule has 1 saturated heterocycles. The number of halogens is 2. The molecule has 1 atom stereocenters. The smallest absolute Gasteiger partial charge is 0.143 e. The average molecular weight is 276 g/mol. The maximum absolute atomic E-state index is 6.06. The minimum absolute atomic E-state index is 0.268. The zero-order valence-corrected chi connectivity index (χ0v) is 10.3. The summed E-state index contributed by atoms with van der Waals surface area (Å²) >= 11 is 9.63. The first-order chi connectivity index (χ1) is 6.68. The van der Waals surface area contributed by atoms with E-state index >= 15 is 0 Å². The Labute approximate surface area is 97.4 Å². The van der Waals surface area contributed by atoms with Crippen LogP contribution in [-0.2, 0) is 0 Å². The van der Waals surface area contributed by atoms with Crippen LogP contribution in [0.3, 0.4) is 0 Å². The molecule has 76 valence electrons. The van der Waals surface area contributed by atoms with Crippen molar-refractivity contribution in [2.24, 2.45) is 0 Å². The first-order valence-corrected chi connectivity index (χ1v) is 5.91. The minimum Gasteiger partial charge on any atom is -0.354 e. The van der Waals surface area contributed by atoms with E-state index in [1.807, 2.05) is 12.3 Å². The third kappa shape index (κ3) is 1.89. The number of hydrogen-bond donors (Lipinski definition) is 0. The topological polar surface area (TPSA) is 16.1 Å². The summed E-state index contributed by atoms with van der Waals surface area (Å²) in [6, 6.07) is 2.00. The molecule has 4 heteroatoms. The van der Waals surface area contributed by atoms with Crippen LogP contribution in [0.1, 0.15) is 12.0 Å². The average Bonchev–Trinajstić information content (AvgIpc) is 2.57. The minimum atomic E-state index is 0.268. The van der Waals surface area contributed by atoms with Gasteiger partial charge >= 0.3 is 0 Å². The van der Waals surface area contributed by atoms with Crippen LogP contribution in [0.4, 0.5) is 5.82 Å². The van der Waals surface area contributed by atoms with Crippen molar-refractivity contribution in [1.29, 1.82) is 0 Å². The zero-order valence-electron chi connectivity index (χ0n) is 8.00. The second-order valence-corrected chi connectivity index (χ2v) is 5.01. The number of aryl methyl sites for hydroxylation is 1. The van der Waals surface area contributed by atoms with Crippen LogP contribution in [0.5, 0.6) is 0 Å². The number of anilines is 1. The molecule has 0 amide bonds. The summed E-state index contributed by atoms with van der Waals surface area (Å²) in [5, 5.41) is 0.268. The predicted molar refractivity (Wildman–Crippen MR) is 63.1 cm³/mol. The Hall–Kier alpha value is -0.280. The molecule has 0 spiro atoms. The summed E-state index contributed by atoms with van der Waals surface area (Å²) in [5.41, 5.74) is 1.22.